The van der Waals surface area contributed by atoms with Crippen LogP contribution in [-0.4, -0.2) is 15.5 Å². The van der Waals surface area contributed by atoms with E-state index in [0.29, 0.717) is 12.1 Å². The normalized spacial score (nSPS) is 10.7. The van der Waals surface area contributed by atoms with Gasteiger partial charge in [0.25, 0.3) is 0 Å². The van der Waals surface area contributed by atoms with Crippen molar-refractivity contribution in [3.05, 3.63) is 90.0 Å². The molecule has 0 atom stereocenters. The second kappa shape index (κ2) is 7.31. The van der Waals surface area contributed by atoms with E-state index in [0.717, 1.165) is 28.2 Å². The molecule has 4 rings (SSSR count). The summed E-state index contributed by atoms with van der Waals surface area (Å²) in [5, 5.41) is 3.39. The van der Waals surface area contributed by atoms with Crippen molar-refractivity contribution in [3.63, 3.8) is 0 Å². The maximum absolute atomic E-state index is 11.4. The van der Waals surface area contributed by atoms with Crippen molar-refractivity contribution < 1.29 is 9.63 Å². The summed E-state index contributed by atoms with van der Waals surface area (Å²) in [5.74, 6) is 5.11. The SMILES string of the molecule is NOC(=O)c1ccc(CNc2nc3ccccc3n2-c2ccccc2)cc1. The summed E-state index contributed by atoms with van der Waals surface area (Å²) in [6, 6.07) is 25.2. The lowest BCUT2D eigenvalue weighted by Gasteiger charge is -2.11. The molecule has 0 aliphatic carbocycles. The number of imidazole rings is 1. The van der Waals surface area contributed by atoms with Gasteiger partial charge in [-0.25, -0.2) is 9.78 Å². The highest BCUT2D eigenvalue weighted by Crippen LogP contribution is 2.24. The third-order valence-corrected chi connectivity index (χ3v) is 4.32. The van der Waals surface area contributed by atoms with Crippen molar-refractivity contribution in [2.24, 2.45) is 5.90 Å². The van der Waals surface area contributed by atoms with Gasteiger partial charge in [-0.15, -0.1) is 0 Å². The average molecular weight is 358 g/mol. The van der Waals surface area contributed by atoms with Gasteiger partial charge in [-0.05, 0) is 42.0 Å². The number of nitrogens with one attached hydrogen (secondary N) is 1. The van der Waals surface area contributed by atoms with E-state index < -0.39 is 5.97 Å². The van der Waals surface area contributed by atoms with Crippen LogP contribution in [0.3, 0.4) is 0 Å². The number of nitrogens with two attached hydrogens (primary N) is 1. The second-order valence-corrected chi connectivity index (χ2v) is 6.05. The van der Waals surface area contributed by atoms with Crippen LogP contribution in [-0.2, 0) is 11.4 Å². The molecule has 0 saturated carbocycles. The highest BCUT2D eigenvalue weighted by molar-refractivity contribution is 5.89. The lowest BCUT2D eigenvalue weighted by molar-refractivity contribution is 0.0503. The number of hydrogen-bond acceptors (Lipinski definition) is 5. The first kappa shape index (κ1) is 16.8. The molecule has 0 spiro atoms. The van der Waals surface area contributed by atoms with Crippen LogP contribution < -0.4 is 11.2 Å². The van der Waals surface area contributed by atoms with E-state index in [9.17, 15) is 4.79 Å². The van der Waals surface area contributed by atoms with Crippen LogP contribution in [0.5, 0.6) is 0 Å². The fraction of sp³-hybridized carbons (Fsp3) is 0.0476. The number of anilines is 1. The van der Waals surface area contributed by atoms with Crippen LogP contribution in [0.25, 0.3) is 16.7 Å². The van der Waals surface area contributed by atoms with E-state index in [4.69, 9.17) is 10.9 Å². The average Bonchev–Trinajstić information content (AvgIpc) is 3.11. The van der Waals surface area contributed by atoms with Gasteiger partial charge in [-0.2, -0.15) is 5.90 Å². The number of carbonyl (C=O) groups is 1. The van der Waals surface area contributed by atoms with E-state index in [1.165, 1.54) is 0 Å². The van der Waals surface area contributed by atoms with E-state index in [1.807, 2.05) is 66.7 Å². The first-order chi connectivity index (χ1) is 13.3. The number of fused-ring (bicyclic) bond motifs is 1. The Hall–Kier alpha value is -3.64. The minimum atomic E-state index is -0.555. The monoisotopic (exact) mass is 358 g/mol. The van der Waals surface area contributed by atoms with E-state index in [2.05, 4.69) is 14.7 Å². The molecular weight excluding hydrogens is 340 g/mol. The molecule has 4 aromatic rings. The summed E-state index contributed by atoms with van der Waals surface area (Å²) in [7, 11) is 0. The van der Waals surface area contributed by atoms with Crippen molar-refractivity contribution in [1.29, 1.82) is 0 Å². The number of carbonyl (C=O) groups excluding carboxylic acids is 1. The van der Waals surface area contributed by atoms with Crippen molar-refractivity contribution >= 4 is 23.0 Å². The smallest absolute Gasteiger partial charge is 0.356 e. The molecule has 0 bridgehead atoms. The van der Waals surface area contributed by atoms with Gasteiger partial charge in [0, 0.05) is 12.2 Å². The molecule has 0 saturated heterocycles. The first-order valence-electron chi connectivity index (χ1n) is 8.53. The molecule has 0 fully saturated rings. The molecule has 3 N–H and O–H groups in total. The van der Waals surface area contributed by atoms with E-state index >= 15 is 0 Å². The number of hydrogen-bond donors (Lipinski definition) is 2. The maximum Gasteiger partial charge on any atom is 0.356 e. The fourth-order valence-electron chi connectivity index (χ4n) is 2.99. The molecule has 1 heterocycles. The molecule has 0 aliphatic heterocycles. The van der Waals surface area contributed by atoms with Crippen LogP contribution in [0.2, 0.25) is 0 Å². The molecule has 134 valence electrons. The highest BCUT2D eigenvalue weighted by Gasteiger charge is 2.12. The lowest BCUT2D eigenvalue weighted by atomic mass is 10.1. The summed E-state index contributed by atoms with van der Waals surface area (Å²) in [6.45, 7) is 0.564. The molecule has 27 heavy (non-hydrogen) atoms. The maximum atomic E-state index is 11.4. The van der Waals surface area contributed by atoms with Gasteiger partial charge in [-0.1, -0.05) is 42.5 Å². The Kier molecular flexibility index (Phi) is 4.55. The largest absolute Gasteiger partial charge is 0.370 e. The van der Waals surface area contributed by atoms with Crippen LogP contribution in [0, 0.1) is 0 Å². The molecule has 0 aliphatic rings. The Morgan fingerprint density at radius 3 is 2.41 bits per heavy atom. The topological polar surface area (TPSA) is 82.2 Å². The fourth-order valence-corrected chi connectivity index (χ4v) is 2.99. The molecule has 6 heteroatoms. The number of rotatable bonds is 5. The Morgan fingerprint density at radius 1 is 0.963 bits per heavy atom. The Labute approximate surface area is 156 Å². The number of para-hydroxylation sites is 3. The summed E-state index contributed by atoms with van der Waals surface area (Å²) >= 11 is 0. The van der Waals surface area contributed by atoms with Gasteiger partial charge in [0.05, 0.1) is 16.6 Å². The van der Waals surface area contributed by atoms with E-state index in [-0.39, 0.29) is 0 Å². The quantitative estimate of drug-likeness (QED) is 0.532. The standard InChI is InChI=1S/C21H18N4O2/c22-27-20(26)16-12-10-15(11-13-16)14-23-21-24-18-8-4-5-9-19(18)25(21)17-6-2-1-3-7-17/h1-13H,14,22H2,(H,23,24). The van der Waals surface area contributed by atoms with Crippen LogP contribution >= 0.6 is 0 Å². The Bertz CT molecular complexity index is 1070. The highest BCUT2D eigenvalue weighted by atomic mass is 16.7. The number of aromatic nitrogens is 2. The molecule has 1 aromatic heterocycles. The first-order valence-corrected chi connectivity index (χ1v) is 8.53. The van der Waals surface area contributed by atoms with Gasteiger partial charge in [0.1, 0.15) is 0 Å². The molecule has 6 nitrogen and oxygen atoms in total. The molecule has 0 unspecified atom stereocenters. The van der Waals surface area contributed by atoms with Gasteiger partial charge < -0.3 is 10.2 Å². The van der Waals surface area contributed by atoms with Gasteiger partial charge >= 0.3 is 5.97 Å². The van der Waals surface area contributed by atoms with Crippen LogP contribution in [0.4, 0.5) is 5.95 Å². The third kappa shape index (κ3) is 3.38. The van der Waals surface area contributed by atoms with Crippen LogP contribution in [0.15, 0.2) is 78.9 Å². The van der Waals surface area contributed by atoms with E-state index in [1.54, 1.807) is 12.1 Å². The summed E-state index contributed by atoms with van der Waals surface area (Å²) in [6.07, 6.45) is 0. The zero-order chi connectivity index (χ0) is 18.6. The number of nitrogens with zero attached hydrogens (tertiary/aromatic N) is 2. The Morgan fingerprint density at radius 2 is 1.67 bits per heavy atom. The zero-order valence-electron chi connectivity index (χ0n) is 14.5. The Balaban J connectivity index is 1.63. The summed E-state index contributed by atoms with van der Waals surface area (Å²) in [4.78, 5) is 20.4. The van der Waals surface area contributed by atoms with Gasteiger partial charge in [0.15, 0.2) is 0 Å². The van der Waals surface area contributed by atoms with Crippen molar-refractivity contribution in [2.75, 3.05) is 5.32 Å². The van der Waals surface area contributed by atoms with Gasteiger partial charge in [0.2, 0.25) is 5.95 Å². The summed E-state index contributed by atoms with van der Waals surface area (Å²) < 4.78 is 2.09. The predicted octanol–water partition coefficient (Wildman–Crippen LogP) is 3.67. The minimum absolute atomic E-state index is 0.415. The summed E-state index contributed by atoms with van der Waals surface area (Å²) in [5.41, 5.74) is 4.42. The molecular formula is C21H18N4O2. The third-order valence-electron chi connectivity index (χ3n) is 4.32. The zero-order valence-corrected chi connectivity index (χ0v) is 14.5. The minimum Gasteiger partial charge on any atom is -0.370 e. The van der Waals surface area contributed by atoms with Crippen LogP contribution in [0.1, 0.15) is 15.9 Å². The van der Waals surface area contributed by atoms with Crippen molar-refractivity contribution in [1.82, 2.24) is 9.55 Å². The lowest BCUT2D eigenvalue weighted by Crippen LogP contribution is -2.10. The van der Waals surface area contributed by atoms with Crippen molar-refractivity contribution in [2.45, 2.75) is 6.54 Å². The molecule has 3 aromatic carbocycles. The second-order valence-electron chi connectivity index (χ2n) is 6.05. The number of benzene rings is 3. The van der Waals surface area contributed by atoms with Crippen molar-refractivity contribution in [3.8, 4) is 5.69 Å². The molecule has 0 radical (unpaired) electrons. The molecule has 0 amide bonds. The predicted molar refractivity (Wildman–Crippen MR) is 104 cm³/mol. The van der Waals surface area contributed by atoms with Gasteiger partial charge in [-0.3, -0.25) is 4.57 Å².